The lowest BCUT2D eigenvalue weighted by Crippen LogP contribution is -2.30. The molecule has 0 saturated heterocycles. The van der Waals surface area contributed by atoms with Crippen LogP contribution in [-0.2, 0) is 0 Å². The summed E-state index contributed by atoms with van der Waals surface area (Å²) in [5.74, 6) is 0.681. The summed E-state index contributed by atoms with van der Waals surface area (Å²) in [4.78, 5) is 11.9. The molecule has 1 aliphatic rings. The van der Waals surface area contributed by atoms with Crippen LogP contribution in [0.4, 0.5) is 10.5 Å². The standard InChI is InChI=1S/C17H24N2O2/c1-13-8-9-15(16(12-13)21-2)19-17(20)18-11-10-14-6-4-3-5-7-14/h6,8-9,12H,3-5,7,10-11H2,1-2H3,(H2,18,19,20). The lowest BCUT2D eigenvalue weighted by Gasteiger charge is -2.14. The van der Waals surface area contributed by atoms with E-state index in [0.29, 0.717) is 18.0 Å². The van der Waals surface area contributed by atoms with E-state index in [1.807, 2.05) is 25.1 Å². The van der Waals surface area contributed by atoms with E-state index in [-0.39, 0.29) is 6.03 Å². The molecule has 2 rings (SSSR count). The van der Waals surface area contributed by atoms with Crippen molar-refractivity contribution >= 4 is 11.7 Å². The summed E-state index contributed by atoms with van der Waals surface area (Å²) in [5, 5.41) is 5.73. The molecule has 0 aromatic heterocycles. The Balaban J connectivity index is 1.80. The number of methoxy groups -OCH3 is 1. The van der Waals surface area contributed by atoms with Crippen LogP contribution in [0.5, 0.6) is 5.75 Å². The van der Waals surface area contributed by atoms with Crippen molar-refractivity contribution in [2.24, 2.45) is 0 Å². The van der Waals surface area contributed by atoms with E-state index in [4.69, 9.17) is 4.74 Å². The molecule has 0 spiro atoms. The third-order valence-corrected chi connectivity index (χ3v) is 3.72. The maximum atomic E-state index is 11.9. The van der Waals surface area contributed by atoms with Crippen LogP contribution in [-0.4, -0.2) is 19.7 Å². The molecule has 1 aromatic carbocycles. The Morgan fingerprint density at radius 1 is 1.33 bits per heavy atom. The Labute approximate surface area is 126 Å². The lowest BCUT2D eigenvalue weighted by molar-refractivity contribution is 0.252. The van der Waals surface area contributed by atoms with Crippen molar-refractivity contribution in [2.75, 3.05) is 19.0 Å². The average molecular weight is 288 g/mol. The van der Waals surface area contributed by atoms with E-state index in [2.05, 4.69) is 16.7 Å². The molecular weight excluding hydrogens is 264 g/mol. The van der Waals surface area contributed by atoms with Crippen LogP contribution < -0.4 is 15.4 Å². The predicted octanol–water partition coefficient (Wildman–Crippen LogP) is 4.02. The molecule has 0 fully saturated rings. The molecule has 4 nitrogen and oxygen atoms in total. The first kappa shape index (κ1) is 15.4. The molecule has 0 aliphatic heterocycles. The molecule has 0 atom stereocenters. The van der Waals surface area contributed by atoms with E-state index >= 15 is 0 Å². The van der Waals surface area contributed by atoms with Crippen molar-refractivity contribution in [3.05, 3.63) is 35.4 Å². The van der Waals surface area contributed by atoms with Gasteiger partial charge in [-0.15, -0.1) is 0 Å². The number of urea groups is 1. The molecule has 0 unspecified atom stereocenters. The Morgan fingerprint density at radius 2 is 2.19 bits per heavy atom. The normalized spacial score (nSPS) is 14.3. The lowest BCUT2D eigenvalue weighted by atomic mass is 9.97. The van der Waals surface area contributed by atoms with Gasteiger partial charge in [-0.1, -0.05) is 17.7 Å². The SMILES string of the molecule is COc1cc(C)ccc1NC(=O)NCCC1=CCCCC1. The molecule has 0 bridgehead atoms. The largest absolute Gasteiger partial charge is 0.495 e. The summed E-state index contributed by atoms with van der Waals surface area (Å²) in [6.07, 6.45) is 8.19. The van der Waals surface area contributed by atoms with Crippen LogP contribution in [0, 0.1) is 6.92 Å². The highest BCUT2D eigenvalue weighted by Gasteiger charge is 2.08. The molecule has 0 radical (unpaired) electrons. The van der Waals surface area contributed by atoms with Crippen LogP contribution in [0.15, 0.2) is 29.8 Å². The number of carbonyl (C=O) groups is 1. The topological polar surface area (TPSA) is 50.4 Å². The highest BCUT2D eigenvalue weighted by atomic mass is 16.5. The number of nitrogens with one attached hydrogen (secondary N) is 2. The molecule has 0 heterocycles. The minimum absolute atomic E-state index is 0.187. The van der Waals surface area contributed by atoms with E-state index < -0.39 is 0 Å². The fourth-order valence-corrected chi connectivity index (χ4v) is 2.54. The number of carbonyl (C=O) groups excluding carboxylic acids is 1. The van der Waals surface area contributed by atoms with Gasteiger partial charge in [-0.3, -0.25) is 0 Å². The van der Waals surface area contributed by atoms with Crippen LogP contribution in [0.1, 0.15) is 37.7 Å². The number of anilines is 1. The van der Waals surface area contributed by atoms with Gasteiger partial charge in [0.1, 0.15) is 5.75 Å². The number of amides is 2. The first-order valence-corrected chi connectivity index (χ1v) is 7.56. The summed E-state index contributed by atoms with van der Waals surface area (Å²) in [7, 11) is 1.60. The van der Waals surface area contributed by atoms with Gasteiger partial charge in [0.2, 0.25) is 0 Å². The van der Waals surface area contributed by atoms with Gasteiger partial charge in [0.05, 0.1) is 12.8 Å². The van der Waals surface area contributed by atoms with Gasteiger partial charge < -0.3 is 15.4 Å². The maximum Gasteiger partial charge on any atom is 0.319 e. The summed E-state index contributed by atoms with van der Waals surface area (Å²) in [6, 6.07) is 5.53. The number of benzene rings is 1. The molecule has 1 aromatic rings. The van der Waals surface area contributed by atoms with Gasteiger partial charge in [0, 0.05) is 6.54 Å². The molecule has 2 N–H and O–H groups in total. The van der Waals surface area contributed by atoms with Crippen molar-refractivity contribution in [3.63, 3.8) is 0 Å². The number of aryl methyl sites for hydroxylation is 1. The highest BCUT2D eigenvalue weighted by molar-refractivity contribution is 5.90. The summed E-state index contributed by atoms with van der Waals surface area (Å²) >= 11 is 0. The molecule has 0 saturated carbocycles. The van der Waals surface area contributed by atoms with Gasteiger partial charge in [-0.05, 0) is 56.7 Å². The van der Waals surface area contributed by atoms with Crippen molar-refractivity contribution in [3.8, 4) is 5.75 Å². The van der Waals surface area contributed by atoms with Crippen LogP contribution >= 0.6 is 0 Å². The first-order valence-electron chi connectivity index (χ1n) is 7.56. The third-order valence-electron chi connectivity index (χ3n) is 3.72. The molecule has 2 amide bonds. The van der Waals surface area contributed by atoms with Gasteiger partial charge in [-0.25, -0.2) is 4.79 Å². The van der Waals surface area contributed by atoms with Crippen LogP contribution in [0.25, 0.3) is 0 Å². The minimum atomic E-state index is -0.187. The second-order valence-electron chi connectivity index (χ2n) is 5.44. The van der Waals surface area contributed by atoms with E-state index in [9.17, 15) is 4.79 Å². The summed E-state index contributed by atoms with van der Waals surface area (Å²) in [5.41, 5.74) is 3.26. The van der Waals surface area contributed by atoms with E-state index in [1.165, 1.54) is 31.3 Å². The zero-order valence-corrected chi connectivity index (χ0v) is 12.9. The first-order chi connectivity index (χ1) is 10.2. The van der Waals surface area contributed by atoms with Gasteiger partial charge >= 0.3 is 6.03 Å². The van der Waals surface area contributed by atoms with E-state index in [0.717, 1.165) is 12.0 Å². The average Bonchev–Trinajstić information content (AvgIpc) is 2.50. The van der Waals surface area contributed by atoms with Crippen molar-refractivity contribution < 1.29 is 9.53 Å². The molecule has 1 aliphatic carbocycles. The zero-order chi connectivity index (χ0) is 15.1. The Kier molecular flexibility index (Phi) is 5.67. The number of rotatable bonds is 5. The van der Waals surface area contributed by atoms with Crippen molar-refractivity contribution in [2.45, 2.75) is 39.0 Å². The summed E-state index contributed by atoms with van der Waals surface area (Å²) < 4.78 is 5.28. The highest BCUT2D eigenvalue weighted by Crippen LogP contribution is 2.25. The van der Waals surface area contributed by atoms with Crippen molar-refractivity contribution in [1.82, 2.24) is 5.32 Å². The van der Waals surface area contributed by atoms with Crippen LogP contribution in [0.3, 0.4) is 0 Å². The minimum Gasteiger partial charge on any atom is -0.495 e. The predicted molar refractivity (Wildman–Crippen MR) is 85.9 cm³/mol. The summed E-state index contributed by atoms with van der Waals surface area (Å²) in [6.45, 7) is 2.66. The van der Waals surface area contributed by atoms with Gasteiger partial charge in [-0.2, -0.15) is 0 Å². The monoisotopic (exact) mass is 288 g/mol. The van der Waals surface area contributed by atoms with Gasteiger partial charge in [0.25, 0.3) is 0 Å². The van der Waals surface area contributed by atoms with Crippen molar-refractivity contribution in [1.29, 1.82) is 0 Å². The van der Waals surface area contributed by atoms with E-state index in [1.54, 1.807) is 7.11 Å². The molecular formula is C17H24N2O2. The molecule has 4 heteroatoms. The number of ether oxygens (including phenoxy) is 1. The Bertz CT molecular complexity index is 524. The molecule has 21 heavy (non-hydrogen) atoms. The second kappa shape index (κ2) is 7.72. The zero-order valence-electron chi connectivity index (χ0n) is 12.9. The third kappa shape index (κ3) is 4.81. The maximum absolute atomic E-state index is 11.9. The van der Waals surface area contributed by atoms with Gasteiger partial charge in [0.15, 0.2) is 0 Å². The fourth-order valence-electron chi connectivity index (χ4n) is 2.54. The smallest absolute Gasteiger partial charge is 0.319 e. The Hall–Kier alpha value is -1.97. The number of allylic oxidation sites excluding steroid dienone is 1. The quantitative estimate of drug-likeness (QED) is 0.804. The van der Waals surface area contributed by atoms with Crippen LogP contribution in [0.2, 0.25) is 0 Å². The molecule has 114 valence electrons. The second-order valence-corrected chi connectivity index (χ2v) is 5.44. The number of hydrogen-bond acceptors (Lipinski definition) is 2. The number of hydrogen-bond donors (Lipinski definition) is 2. The fraction of sp³-hybridized carbons (Fsp3) is 0.471. The Morgan fingerprint density at radius 3 is 2.90 bits per heavy atom.